The highest BCUT2D eigenvalue weighted by Crippen LogP contribution is 2.33. The quantitative estimate of drug-likeness (QED) is 0.540. The van der Waals surface area contributed by atoms with Crippen molar-refractivity contribution in [1.29, 1.82) is 0 Å². The summed E-state index contributed by atoms with van der Waals surface area (Å²) in [7, 11) is 2.35. The highest BCUT2D eigenvalue weighted by molar-refractivity contribution is 5.79. The maximum atomic E-state index is 6.29. The molecule has 0 saturated carbocycles. The largest absolute Gasteiger partial charge is 0.399 e. The zero-order valence-corrected chi connectivity index (χ0v) is 19.1. The zero-order chi connectivity index (χ0) is 22.0. The fraction of sp³-hybridized carbons (Fsp3) is 0.333. The van der Waals surface area contributed by atoms with E-state index in [4.69, 9.17) is 11.5 Å². The van der Waals surface area contributed by atoms with Gasteiger partial charge < -0.3 is 20.9 Å². The van der Waals surface area contributed by atoms with Crippen LogP contribution in [0, 0.1) is 0 Å². The summed E-state index contributed by atoms with van der Waals surface area (Å²) >= 11 is 0. The Kier molecular flexibility index (Phi) is 5.92. The van der Waals surface area contributed by atoms with E-state index in [2.05, 4.69) is 80.4 Å². The number of allylic oxidation sites excluding steroid dienone is 3. The van der Waals surface area contributed by atoms with Gasteiger partial charge in [-0.05, 0) is 54.8 Å². The number of nitrogens with two attached hydrogens (primary N) is 2. The van der Waals surface area contributed by atoms with Crippen molar-refractivity contribution in [1.82, 2.24) is 4.90 Å². The van der Waals surface area contributed by atoms with Crippen LogP contribution >= 0.6 is 0 Å². The minimum Gasteiger partial charge on any atom is -0.399 e. The third kappa shape index (κ3) is 4.13. The molecule has 0 amide bonds. The molecule has 0 spiro atoms. The minimum atomic E-state index is 0.798. The molecule has 0 radical (unpaired) electrons. The molecule has 2 aromatic carbocycles. The first-order valence-corrected chi connectivity index (χ1v) is 11.4. The lowest BCUT2D eigenvalue weighted by Gasteiger charge is -2.38. The summed E-state index contributed by atoms with van der Waals surface area (Å²) in [6, 6.07) is 17.0. The molecular formula is C27H35N4+. The minimum absolute atomic E-state index is 0.798. The summed E-state index contributed by atoms with van der Waals surface area (Å²) in [6.07, 6.45) is 6.23. The van der Waals surface area contributed by atoms with Crippen molar-refractivity contribution in [2.75, 3.05) is 39.0 Å². The molecule has 2 aromatic rings. The van der Waals surface area contributed by atoms with Crippen molar-refractivity contribution >= 4 is 17.0 Å². The van der Waals surface area contributed by atoms with Gasteiger partial charge in [-0.2, -0.15) is 0 Å². The van der Waals surface area contributed by atoms with E-state index < -0.39 is 0 Å². The summed E-state index contributed by atoms with van der Waals surface area (Å²) < 4.78 is 1.09. The molecule has 1 heterocycles. The second-order valence-electron chi connectivity index (χ2n) is 8.92. The summed E-state index contributed by atoms with van der Waals surface area (Å²) in [5, 5.41) is 2.48. The van der Waals surface area contributed by atoms with Crippen LogP contribution in [0.15, 0.2) is 72.1 Å². The van der Waals surface area contributed by atoms with E-state index >= 15 is 0 Å². The average Bonchev–Trinajstić information content (AvgIpc) is 2.79. The number of nitrogens with zero attached hydrogens (tertiary/aromatic N) is 2. The molecule has 31 heavy (non-hydrogen) atoms. The van der Waals surface area contributed by atoms with Gasteiger partial charge in [-0.25, -0.2) is 0 Å². The first kappa shape index (κ1) is 21.3. The number of nitrogen functional groups attached to an aromatic ring is 1. The smallest absolute Gasteiger partial charge is 0.0801 e. The van der Waals surface area contributed by atoms with E-state index in [1.807, 2.05) is 6.07 Å². The lowest BCUT2D eigenvalue weighted by molar-refractivity contribution is -0.906. The van der Waals surface area contributed by atoms with Crippen LogP contribution in [0.1, 0.15) is 32.3 Å². The molecule has 1 aliphatic heterocycles. The molecule has 0 unspecified atom stereocenters. The Balaban J connectivity index is 1.87. The topological polar surface area (TPSA) is 55.3 Å². The molecule has 1 aliphatic carbocycles. The van der Waals surface area contributed by atoms with E-state index in [1.54, 1.807) is 0 Å². The zero-order valence-electron chi connectivity index (χ0n) is 19.1. The Hall–Kier alpha value is -2.98. The number of hydrogen-bond acceptors (Lipinski definition) is 3. The molecule has 0 atom stereocenters. The summed E-state index contributed by atoms with van der Waals surface area (Å²) in [6.45, 7) is 8.98. The standard InChI is InChI=1S/C27H35N4/c1-4-31(3,5-2)17-9-16-30-26-19-22(29)13-15-24(26)23-14-12-21(28)18-25(23)27(30)20-10-7-6-8-11-20/h6-8,10-14,18-19H,4-5,9,15-17,28-29H2,1-3H3/q+1. The molecule has 2 aliphatic rings. The number of quaternary nitrogens is 1. The van der Waals surface area contributed by atoms with E-state index in [-0.39, 0.29) is 0 Å². The average molecular weight is 416 g/mol. The van der Waals surface area contributed by atoms with E-state index in [0.29, 0.717) is 0 Å². The Morgan fingerprint density at radius 1 is 0.968 bits per heavy atom. The molecule has 162 valence electrons. The van der Waals surface area contributed by atoms with Crippen molar-refractivity contribution in [3.8, 4) is 0 Å². The number of fused-ring (bicyclic) bond motifs is 2. The molecule has 4 rings (SSSR count). The van der Waals surface area contributed by atoms with E-state index in [9.17, 15) is 0 Å². The Morgan fingerprint density at radius 2 is 1.71 bits per heavy atom. The number of hydrogen-bond donors (Lipinski definition) is 2. The molecule has 0 bridgehead atoms. The van der Waals surface area contributed by atoms with Crippen molar-refractivity contribution in [2.45, 2.75) is 26.7 Å². The van der Waals surface area contributed by atoms with Crippen LogP contribution < -0.4 is 21.9 Å². The Bertz CT molecular complexity index is 1140. The Morgan fingerprint density at radius 3 is 2.42 bits per heavy atom. The highest BCUT2D eigenvalue weighted by atomic mass is 15.3. The summed E-state index contributed by atoms with van der Waals surface area (Å²) in [5.41, 5.74) is 19.2. The van der Waals surface area contributed by atoms with Crippen LogP contribution in [-0.4, -0.2) is 42.6 Å². The first-order valence-electron chi connectivity index (χ1n) is 11.4. The maximum Gasteiger partial charge on any atom is 0.0801 e. The van der Waals surface area contributed by atoms with Gasteiger partial charge in [-0.3, -0.25) is 0 Å². The lowest BCUT2D eigenvalue weighted by atomic mass is 9.91. The predicted octanol–water partition coefficient (Wildman–Crippen LogP) is 2.90. The van der Waals surface area contributed by atoms with Crippen molar-refractivity contribution in [2.24, 2.45) is 5.73 Å². The van der Waals surface area contributed by atoms with Crippen molar-refractivity contribution < 1.29 is 4.48 Å². The van der Waals surface area contributed by atoms with Crippen LogP contribution in [0.3, 0.4) is 0 Å². The van der Waals surface area contributed by atoms with Gasteiger partial charge in [0.2, 0.25) is 0 Å². The highest BCUT2D eigenvalue weighted by Gasteiger charge is 2.27. The second-order valence-corrected chi connectivity index (χ2v) is 8.92. The third-order valence-corrected chi connectivity index (χ3v) is 6.99. The molecule has 4 heteroatoms. The fourth-order valence-electron chi connectivity index (χ4n) is 4.69. The first-order chi connectivity index (χ1) is 15.0. The van der Waals surface area contributed by atoms with Crippen LogP contribution in [-0.2, 0) is 0 Å². The van der Waals surface area contributed by atoms with E-state index in [0.717, 1.165) is 54.9 Å². The second kappa shape index (κ2) is 8.64. The van der Waals surface area contributed by atoms with Gasteiger partial charge in [0.1, 0.15) is 0 Å². The van der Waals surface area contributed by atoms with Crippen molar-refractivity contribution in [3.63, 3.8) is 0 Å². The summed E-state index contributed by atoms with van der Waals surface area (Å²) in [5.74, 6) is 0. The summed E-state index contributed by atoms with van der Waals surface area (Å²) in [4.78, 5) is 2.49. The van der Waals surface area contributed by atoms with Crippen LogP contribution in [0.5, 0.6) is 0 Å². The molecule has 4 N–H and O–H groups in total. The van der Waals surface area contributed by atoms with Crippen LogP contribution in [0.4, 0.5) is 5.69 Å². The number of benzene rings is 2. The van der Waals surface area contributed by atoms with Crippen molar-refractivity contribution in [3.05, 3.63) is 88.1 Å². The van der Waals surface area contributed by atoms with Gasteiger partial charge in [-0.1, -0.05) is 42.5 Å². The number of rotatable bonds is 7. The monoisotopic (exact) mass is 415 g/mol. The van der Waals surface area contributed by atoms with Crippen LogP contribution in [0.25, 0.3) is 11.3 Å². The van der Waals surface area contributed by atoms with Gasteiger partial charge >= 0.3 is 0 Å². The van der Waals surface area contributed by atoms with Gasteiger partial charge in [0, 0.05) is 35.3 Å². The normalized spacial score (nSPS) is 15.9. The van der Waals surface area contributed by atoms with Crippen LogP contribution in [0.2, 0.25) is 0 Å². The molecule has 0 aromatic heterocycles. The molecular weight excluding hydrogens is 380 g/mol. The SMILES string of the molecule is CC[N+](C)(CC)CCCN1C2=CC(N)=CCC2=c2ccc(N)cc2=C1c1ccccc1. The lowest BCUT2D eigenvalue weighted by Crippen LogP contribution is -2.46. The van der Waals surface area contributed by atoms with E-state index in [1.165, 1.54) is 33.0 Å². The van der Waals surface area contributed by atoms with Gasteiger partial charge in [0.05, 0.1) is 32.4 Å². The predicted molar refractivity (Wildman–Crippen MR) is 131 cm³/mol. The Labute approximate surface area is 186 Å². The molecule has 0 saturated heterocycles. The van der Waals surface area contributed by atoms with Gasteiger partial charge in [0.15, 0.2) is 0 Å². The number of anilines is 1. The maximum absolute atomic E-state index is 6.29. The third-order valence-electron chi connectivity index (χ3n) is 6.99. The fourth-order valence-corrected chi connectivity index (χ4v) is 4.69. The molecule has 4 nitrogen and oxygen atoms in total. The van der Waals surface area contributed by atoms with Gasteiger partial charge in [-0.15, -0.1) is 0 Å². The molecule has 0 fully saturated rings. The van der Waals surface area contributed by atoms with Gasteiger partial charge in [0.25, 0.3) is 0 Å².